The van der Waals surface area contributed by atoms with Gasteiger partial charge in [-0.2, -0.15) is 0 Å². The minimum atomic E-state index is 0.354. The largest absolute Gasteiger partial charge is 0.376 e. The molecule has 1 aromatic rings. The summed E-state index contributed by atoms with van der Waals surface area (Å²) in [7, 11) is 0. The van der Waals surface area contributed by atoms with Gasteiger partial charge in [0.25, 0.3) is 0 Å². The molecule has 0 aliphatic carbocycles. The van der Waals surface area contributed by atoms with Crippen LogP contribution in [0.15, 0.2) is 35.3 Å². The highest BCUT2D eigenvalue weighted by Crippen LogP contribution is 2.15. The minimum absolute atomic E-state index is 0.354. The molecule has 0 bridgehead atoms. The number of nitrogens with two attached hydrogens (primary N) is 1. The van der Waals surface area contributed by atoms with Gasteiger partial charge in [-0.05, 0) is 37.4 Å². The van der Waals surface area contributed by atoms with Crippen molar-refractivity contribution >= 4 is 5.96 Å². The first-order chi connectivity index (χ1) is 11.7. The molecule has 2 atom stereocenters. The molecule has 2 unspecified atom stereocenters. The van der Waals surface area contributed by atoms with Crippen molar-refractivity contribution < 1.29 is 4.74 Å². The van der Waals surface area contributed by atoms with Gasteiger partial charge in [-0.3, -0.25) is 9.89 Å². The van der Waals surface area contributed by atoms with Gasteiger partial charge in [0.2, 0.25) is 0 Å². The highest BCUT2D eigenvalue weighted by atomic mass is 16.5. The van der Waals surface area contributed by atoms with E-state index in [4.69, 9.17) is 10.5 Å². The Hall–Kier alpha value is -1.59. The number of nitrogens with one attached hydrogen (secondary N) is 1. The first kappa shape index (κ1) is 18.7. The van der Waals surface area contributed by atoms with Crippen molar-refractivity contribution in [2.24, 2.45) is 16.6 Å². The summed E-state index contributed by atoms with van der Waals surface area (Å²) in [6.07, 6.45) is 2.53. The molecule has 3 N–H and O–H groups in total. The first-order valence-corrected chi connectivity index (χ1v) is 9.08. The van der Waals surface area contributed by atoms with E-state index in [1.54, 1.807) is 0 Å². The molecule has 1 saturated heterocycles. The van der Waals surface area contributed by atoms with Gasteiger partial charge in [0.05, 0.1) is 13.2 Å². The Kier molecular flexibility index (Phi) is 8.05. The number of nitrogens with zero attached hydrogens (tertiary/aromatic N) is 2. The van der Waals surface area contributed by atoms with E-state index in [0.29, 0.717) is 37.7 Å². The second kappa shape index (κ2) is 10.3. The number of benzene rings is 1. The van der Waals surface area contributed by atoms with Crippen LogP contribution in [0, 0.1) is 5.92 Å². The summed E-state index contributed by atoms with van der Waals surface area (Å²) >= 11 is 0. The fourth-order valence-electron chi connectivity index (χ4n) is 3.08. The van der Waals surface area contributed by atoms with E-state index >= 15 is 0 Å². The van der Waals surface area contributed by atoms with E-state index < -0.39 is 0 Å². The lowest BCUT2D eigenvalue weighted by Crippen LogP contribution is -2.42. The Morgan fingerprint density at radius 3 is 2.96 bits per heavy atom. The van der Waals surface area contributed by atoms with Gasteiger partial charge in [-0.15, -0.1) is 0 Å². The Balaban J connectivity index is 1.60. The molecule has 0 saturated carbocycles. The van der Waals surface area contributed by atoms with E-state index in [9.17, 15) is 0 Å². The van der Waals surface area contributed by atoms with Gasteiger partial charge in [0.1, 0.15) is 0 Å². The lowest BCUT2D eigenvalue weighted by atomic mass is 10.2. The standard InChI is InChI=1S/C19H32N4O/c1-3-23-11-7-10-18(23)13-22-19(20)21-12-16(2)14-24-15-17-8-5-4-6-9-17/h4-6,8-9,16,18H,3,7,10-15H2,1-2H3,(H3,20,21,22). The Morgan fingerprint density at radius 1 is 1.42 bits per heavy atom. The molecule has 24 heavy (non-hydrogen) atoms. The summed E-state index contributed by atoms with van der Waals surface area (Å²) in [6.45, 7) is 9.59. The summed E-state index contributed by atoms with van der Waals surface area (Å²) in [4.78, 5) is 6.95. The highest BCUT2D eigenvalue weighted by molar-refractivity contribution is 5.77. The maximum absolute atomic E-state index is 5.99. The molecule has 0 amide bonds. The number of likely N-dealkylation sites (tertiary alicyclic amines) is 1. The van der Waals surface area contributed by atoms with Crippen LogP contribution in [0.25, 0.3) is 0 Å². The third-order valence-corrected chi connectivity index (χ3v) is 4.51. The molecule has 0 radical (unpaired) electrons. The molecule has 5 heteroatoms. The smallest absolute Gasteiger partial charge is 0.188 e. The van der Waals surface area contributed by atoms with Gasteiger partial charge >= 0.3 is 0 Å². The molecule has 0 aromatic heterocycles. The van der Waals surface area contributed by atoms with Crippen molar-refractivity contribution in [2.75, 3.05) is 32.8 Å². The summed E-state index contributed by atoms with van der Waals surface area (Å²) in [5.41, 5.74) is 7.19. The van der Waals surface area contributed by atoms with E-state index in [2.05, 4.69) is 41.2 Å². The van der Waals surface area contributed by atoms with Crippen molar-refractivity contribution in [3.8, 4) is 0 Å². The predicted octanol–water partition coefficient (Wildman–Crippen LogP) is 2.23. The zero-order valence-corrected chi connectivity index (χ0v) is 15.1. The molecular formula is C19H32N4O. The van der Waals surface area contributed by atoms with Crippen LogP contribution in [0.1, 0.15) is 32.3 Å². The first-order valence-electron chi connectivity index (χ1n) is 9.08. The number of rotatable bonds is 9. The number of ether oxygens (including phenoxy) is 1. The maximum atomic E-state index is 5.99. The third kappa shape index (κ3) is 6.49. The summed E-state index contributed by atoms with van der Waals surface area (Å²) in [5.74, 6) is 0.903. The SMILES string of the molecule is CCN1CCCC1CNC(N)=NCC(C)COCc1ccccc1. The Bertz CT molecular complexity index is 491. The van der Waals surface area contributed by atoms with E-state index in [1.807, 2.05) is 18.2 Å². The molecule has 1 fully saturated rings. The summed E-state index contributed by atoms with van der Waals surface area (Å²) < 4.78 is 5.75. The van der Waals surface area contributed by atoms with Crippen molar-refractivity contribution in [3.63, 3.8) is 0 Å². The van der Waals surface area contributed by atoms with Crippen molar-refractivity contribution in [2.45, 2.75) is 39.3 Å². The number of likely N-dealkylation sites (N-methyl/N-ethyl adjacent to an activating group) is 1. The number of hydrogen-bond donors (Lipinski definition) is 2. The monoisotopic (exact) mass is 332 g/mol. The molecule has 134 valence electrons. The van der Waals surface area contributed by atoms with Crippen LogP contribution in [0.3, 0.4) is 0 Å². The number of guanidine groups is 1. The lowest BCUT2D eigenvalue weighted by molar-refractivity contribution is 0.0945. The van der Waals surface area contributed by atoms with Crippen molar-refractivity contribution in [1.82, 2.24) is 10.2 Å². The number of hydrogen-bond acceptors (Lipinski definition) is 3. The quantitative estimate of drug-likeness (QED) is 0.538. The van der Waals surface area contributed by atoms with Gasteiger partial charge < -0.3 is 15.8 Å². The molecule has 0 spiro atoms. The molecule has 5 nitrogen and oxygen atoms in total. The van der Waals surface area contributed by atoms with E-state index in [-0.39, 0.29) is 0 Å². The average Bonchev–Trinajstić information content (AvgIpc) is 3.06. The van der Waals surface area contributed by atoms with E-state index in [1.165, 1.54) is 24.9 Å². The lowest BCUT2D eigenvalue weighted by Gasteiger charge is -2.23. The van der Waals surface area contributed by atoms with Crippen LogP contribution in [0.4, 0.5) is 0 Å². The molecule has 1 aliphatic rings. The molecule has 2 rings (SSSR count). The van der Waals surface area contributed by atoms with Gasteiger partial charge in [0.15, 0.2) is 5.96 Å². The van der Waals surface area contributed by atoms with Crippen LogP contribution >= 0.6 is 0 Å². The van der Waals surface area contributed by atoms with Crippen LogP contribution < -0.4 is 11.1 Å². The maximum Gasteiger partial charge on any atom is 0.188 e. The summed E-state index contributed by atoms with van der Waals surface area (Å²) in [6, 6.07) is 10.8. The zero-order chi connectivity index (χ0) is 17.2. The predicted molar refractivity (Wildman–Crippen MR) is 100 cm³/mol. The normalized spacial score (nSPS) is 20.2. The fourth-order valence-corrected chi connectivity index (χ4v) is 3.08. The number of aliphatic imine (C=N–C) groups is 1. The Morgan fingerprint density at radius 2 is 2.21 bits per heavy atom. The highest BCUT2D eigenvalue weighted by Gasteiger charge is 2.22. The zero-order valence-electron chi connectivity index (χ0n) is 15.1. The van der Waals surface area contributed by atoms with Gasteiger partial charge in [-0.1, -0.05) is 44.2 Å². The molecule has 1 aromatic carbocycles. The van der Waals surface area contributed by atoms with Gasteiger partial charge in [-0.25, -0.2) is 0 Å². The van der Waals surface area contributed by atoms with Crippen LogP contribution in [-0.2, 0) is 11.3 Å². The second-order valence-corrected chi connectivity index (χ2v) is 6.64. The fraction of sp³-hybridized carbons (Fsp3) is 0.632. The van der Waals surface area contributed by atoms with Crippen molar-refractivity contribution in [1.29, 1.82) is 0 Å². The van der Waals surface area contributed by atoms with E-state index in [0.717, 1.165) is 13.1 Å². The summed E-state index contributed by atoms with van der Waals surface area (Å²) in [5, 5.41) is 3.27. The van der Waals surface area contributed by atoms with Crippen LogP contribution in [0.2, 0.25) is 0 Å². The molecule has 1 heterocycles. The Labute approximate surface area is 146 Å². The average molecular weight is 332 g/mol. The molecular weight excluding hydrogens is 300 g/mol. The minimum Gasteiger partial charge on any atom is -0.376 e. The topological polar surface area (TPSA) is 62.9 Å². The van der Waals surface area contributed by atoms with Crippen molar-refractivity contribution in [3.05, 3.63) is 35.9 Å². The molecule has 1 aliphatic heterocycles. The van der Waals surface area contributed by atoms with Crippen LogP contribution in [0.5, 0.6) is 0 Å². The third-order valence-electron chi connectivity index (χ3n) is 4.51. The van der Waals surface area contributed by atoms with Crippen LogP contribution in [-0.4, -0.2) is 49.7 Å². The van der Waals surface area contributed by atoms with Gasteiger partial charge in [0, 0.05) is 19.1 Å². The second-order valence-electron chi connectivity index (χ2n) is 6.64.